The zero-order valence-electron chi connectivity index (χ0n) is 8.99. The average molecular weight is 216 g/mol. The quantitative estimate of drug-likeness (QED) is 0.761. The molecule has 82 valence electrons. The van der Waals surface area contributed by atoms with Crippen LogP contribution in [0, 0.1) is 0 Å². The Balaban J connectivity index is 2.15. The van der Waals surface area contributed by atoms with Crippen molar-refractivity contribution in [1.82, 2.24) is 30.5 Å². The van der Waals surface area contributed by atoms with Crippen molar-refractivity contribution < 1.29 is 0 Å². The standard InChI is InChI=1S/C10H12N6/c1-2-7-6-3-11-4-8(6)15-10(14-7)9-12-5-13-16-9/h5,11H,2-4H2,1H3,(H,12,13,16). The fraction of sp³-hybridized carbons (Fsp3) is 0.400. The monoisotopic (exact) mass is 216 g/mol. The molecule has 0 saturated heterocycles. The second kappa shape index (κ2) is 3.64. The van der Waals surface area contributed by atoms with Gasteiger partial charge in [0, 0.05) is 24.3 Å². The second-order valence-electron chi connectivity index (χ2n) is 3.71. The number of aromatic nitrogens is 5. The summed E-state index contributed by atoms with van der Waals surface area (Å²) in [6, 6.07) is 0. The van der Waals surface area contributed by atoms with Gasteiger partial charge in [0.1, 0.15) is 6.33 Å². The Morgan fingerprint density at radius 2 is 2.25 bits per heavy atom. The number of nitrogens with zero attached hydrogens (tertiary/aromatic N) is 4. The van der Waals surface area contributed by atoms with Crippen molar-refractivity contribution in [2.75, 3.05) is 0 Å². The molecular weight excluding hydrogens is 204 g/mol. The number of aryl methyl sites for hydroxylation is 1. The van der Waals surface area contributed by atoms with Gasteiger partial charge in [-0.25, -0.2) is 15.0 Å². The zero-order valence-corrected chi connectivity index (χ0v) is 8.99. The topological polar surface area (TPSA) is 79.4 Å². The molecule has 0 aliphatic carbocycles. The summed E-state index contributed by atoms with van der Waals surface area (Å²) >= 11 is 0. The molecule has 0 unspecified atom stereocenters. The lowest BCUT2D eigenvalue weighted by Crippen LogP contribution is -2.03. The van der Waals surface area contributed by atoms with E-state index in [1.807, 2.05) is 0 Å². The van der Waals surface area contributed by atoms with E-state index in [-0.39, 0.29) is 0 Å². The molecule has 3 heterocycles. The highest BCUT2D eigenvalue weighted by atomic mass is 15.2. The molecular formula is C10H12N6. The lowest BCUT2D eigenvalue weighted by molar-refractivity contribution is 0.755. The van der Waals surface area contributed by atoms with Crippen LogP contribution in [0.2, 0.25) is 0 Å². The number of fused-ring (bicyclic) bond motifs is 1. The predicted molar refractivity (Wildman–Crippen MR) is 57.3 cm³/mol. The largest absolute Gasteiger partial charge is 0.307 e. The summed E-state index contributed by atoms with van der Waals surface area (Å²) in [7, 11) is 0. The fourth-order valence-electron chi connectivity index (χ4n) is 1.95. The molecule has 6 heteroatoms. The molecule has 0 aromatic carbocycles. The van der Waals surface area contributed by atoms with E-state index in [9.17, 15) is 0 Å². The van der Waals surface area contributed by atoms with E-state index in [1.165, 1.54) is 11.9 Å². The Morgan fingerprint density at radius 3 is 3.00 bits per heavy atom. The number of H-pyrrole nitrogens is 1. The number of aromatic amines is 1. The maximum Gasteiger partial charge on any atom is 0.197 e. The molecule has 2 aromatic heterocycles. The first-order valence-corrected chi connectivity index (χ1v) is 5.33. The molecule has 1 aliphatic heterocycles. The van der Waals surface area contributed by atoms with E-state index in [2.05, 4.69) is 37.4 Å². The Labute approximate surface area is 92.5 Å². The van der Waals surface area contributed by atoms with Crippen LogP contribution in [0.15, 0.2) is 6.33 Å². The van der Waals surface area contributed by atoms with E-state index < -0.39 is 0 Å². The van der Waals surface area contributed by atoms with Crippen molar-refractivity contribution in [2.24, 2.45) is 0 Å². The normalized spacial score (nSPS) is 14.1. The number of rotatable bonds is 2. The lowest BCUT2D eigenvalue weighted by Gasteiger charge is -2.05. The van der Waals surface area contributed by atoms with Crippen molar-refractivity contribution in [1.29, 1.82) is 0 Å². The maximum atomic E-state index is 4.52. The van der Waals surface area contributed by atoms with Gasteiger partial charge in [-0.15, -0.1) is 0 Å². The van der Waals surface area contributed by atoms with Gasteiger partial charge in [-0.3, -0.25) is 5.10 Å². The first-order chi connectivity index (χ1) is 7.88. The SMILES string of the molecule is CCc1nc(-c2ncn[nH]2)nc2c1CNC2. The Morgan fingerprint density at radius 1 is 1.31 bits per heavy atom. The van der Waals surface area contributed by atoms with Crippen LogP contribution in [0.3, 0.4) is 0 Å². The van der Waals surface area contributed by atoms with Crippen LogP contribution in [-0.2, 0) is 19.5 Å². The van der Waals surface area contributed by atoms with Crippen molar-refractivity contribution in [3.8, 4) is 11.6 Å². The molecule has 16 heavy (non-hydrogen) atoms. The molecule has 0 saturated carbocycles. The van der Waals surface area contributed by atoms with E-state index in [0.29, 0.717) is 11.6 Å². The number of hydrogen-bond acceptors (Lipinski definition) is 5. The highest BCUT2D eigenvalue weighted by molar-refractivity contribution is 5.45. The molecule has 2 aromatic rings. The zero-order chi connectivity index (χ0) is 11.0. The number of hydrogen-bond donors (Lipinski definition) is 2. The first kappa shape index (κ1) is 9.41. The highest BCUT2D eigenvalue weighted by Gasteiger charge is 2.19. The lowest BCUT2D eigenvalue weighted by atomic mass is 10.1. The van der Waals surface area contributed by atoms with Crippen molar-refractivity contribution in [3.05, 3.63) is 23.3 Å². The van der Waals surface area contributed by atoms with E-state index >= 15 is 0 Å². The summed E-state index contributed by atoms with van der Waals surface area (Å²) < 4.78 is 0. The van der Waals surface area contributed by atoms with Crippen LogP contribution >= 0.6 is 0 Å². The van der Waals surface area contributed by atoms with Crippen molar-refractivity contribution >= 4 is 0 Å². The third-order valence-electron chi connectivity index (χ3n) is 2.73. The van der Waals surface area contributed by atoms with Crippen LogP contribution in [0.5, 0.6) is 0 Å². The summed E-state index contributed by atoms with van der Waals surface area (Å²) in [5.41, 5.74) is 3.42. The fourth-order valence-corrected chi connectivity index (χ4v) is 1.95. The summed E-state index contributed by atoms with van der Waals surface area (Å²) in [4.78, 5) is 13.1. The van der Waals surface area contributed by atoms with Crippen LogP contribution in [-0.4, -0.2) is 25.1 Å². The summed E-state index contributed by atoms with van der Waals surface area (Å²) in [5, 5.41) is 9.89. The van der Waals surface area contributed by atoms with E-state index in [1.54, 1.807) is 0 Å². The molecule has 0 fully saturated rings. The van der Waals surface area contributed by atoms with Crippen LogP contribution in [0.1, 0.15) is 23.9 Å². The Hall–Kier alpha value is -1.82. The van der Waals surface area contributed by atoms with Crippen LogP contribution in [0.4, 0.5) is 0 Å². The van der Waals surface area contributed by atoms with Gasteiger partial charge in [-0.05, 0) is 6.42 Å². The second-order valence-corrected chi connectivity index (χ2v) is 3.71. The van der Waals surface area contributed by atoms with Gasteiger partial charge in [0.05, 0.1) is 5.69 Å². The minimum atomic E-state index is 0.629. The molecule has 0 amide bonds. The minimum Gasteiger partial charge on any atom is -0.307 e. The molecule has 2 N–H and O–H groups in total. The Bertz CT molecular complexity index is 504. The molecule has 0 bridgehead atoms. The third kappa shape index (κ3) is 1.38. The smallest absolute Gasteiger partial charge is 0.197 e. The van der Waals surface area contributed by atoms with Gasteiger partial charge in [-0.1, -0.05) is 6.92 Å². The summed E-state index contributed by atoms with van der Waals surface area (Å²) in [6.07, 6.45) is 2.38. The highest BCUT2D eigenvalue weighted by Crippen LogP contribution is 2.20. The van der Waals surface area contributed by atoms with Gasteiger partial charge in [-0.2, -0.15) is 5.10 Å². The molecule has 0 spiro atoms. The van der Waals surface area contributed by atoms with Gasteiger partial charge in [0.25, 0.3) is 0 Å². The summed E-state index contributed by atoms with van der Waals surface area (Å²) in [5.74, 6) is 1.27. The number of nitrogens with one attached hydrogen (secondary N) is 2. The van der Waals surface area contributed by atoms with Crippen molar-refractivity contribution in [2.45, 2.75) is 26.4 Å². The maximum absolute atomic E-state index is 4.52. The molecule has 1 aliphatic rings. The molecule has 0 atom stereocenters. The molecule has 6 nitrogen and oxygen atoms in total. The average Bonchev–Trinajstić information content (AvgIpc) is 2.97. The van der Waals surface area contributed by atoms with Gasteiger partial charge < -0.3 is 5.32 Å². The van der Waals surface area contributed by atoms with Gasteiger partial charge in [0.2, 0.25) is 0 Å². The minimum absolute atomic E-state index is 0.629. The molecule has 0 radical (unpaired) electrons. The first-order valence-electron chi connectivity index (χ1n) is 5.33. The van der Waals surface area contributed by atoms with E-state index in [4.69, 9.17) is 0 Å². The van der Waals surface area contributed by atoms with Gasteiger partial charge in [0.15, 0.2) is 11.6 Å². The third-order valence-corrected chi connectivity index (χ3v) is 2.73. The Kier molecular flexibility index (Phi) is 2.14. The van der Waals surface area contributed by atoms with E-state index in [0.717, 1.165) is 30.9 Å². The van der Waals surface area contributed by atoms with Gasteiger partial charge >= 0.3 is 0 Å². The molecule has 3 rings (SSSR count). The van der Waals surface area contributed by atoms with Crippen LogP contribution in [0.25, 0.3) is 11.6 Å². The summed E-state index contributed by atoms with van der Waals surface area (Å²) in [6.45, 7) is 3.78. The van der Waals surface area contributed by atoms with Crippen molar-refractivity contribution in [3.63, 3.8) is 0 Å². The van der Waals surface area contributed by atoms with Crippen LogP contribution < -0.4 is 5.32 Å². The predicted octanol–water partition coefficient (Wildman–Crippen LogP) is 0.427.